The van der Waals surface area contributed by atoms with Crippen molar-refractivity contribution in [3.8, 4) is 11.3 Å². The van der Waals surface area contributed by atoms with Crippen LogP contribution in [0.5, 0.6) is 0 Å². The first-order valence-corrected chi connectivity index (χ1v) is 5.74. The lowest BCUT2D eigenvalue weighted by atomic mass is 10.1. The molecule has 3 aromatic rings. The molecule has 2 aromatic heterocycles. The van der Waals surface area contributed by atoms with E-state index in [2.05, 4.69) is 15.1 Å². The molecule has 0 aliphatic heterocycles. The highest BCUT2D eigenvalue weighted by Gasteiger charge is 2.12. The van der Waals surface area contributed by atoms with Crippen LogP contribution in [0.15, 0.2) is 28.9 Å². The van der Waals surface area contributed by atoms with E-state index in [1.54, 1.807) is 24.4 Å². The molecular weight excluding hydrogens is 275 g/mol. The Morgan fingerprint density at radius 2 is 2.06 bits per heavy atom. The first kappa shape index (κ1) is 11.3. The number of halogens is 2. The van der Waals surface area contributed by atoms with Gasteiger partial charge in [-0.1, -0.05) is 28.4 Å². The molecule has 0 radical (unpaired) electrons. The van der Waals surface area contributed by atoms with Crippen molar-refractivity contribution in [2.24, 2.45) is 0 Å². The van der Waals surface area contributed by atoms with E-state index < -0.39 is 0 Å². The Balaban J connectivity index is 2.19. The van der Waals surface area contributed by atoms with Gasteiger partial charge in [-0.3, -0.25) is 0 Å². The molecule has 0 unspecified atom stereocenters. The Bertz CT molecular complexity index is 741. The van der Waals surface area contributed by atoms with Crippen LogP contribution in [0.25, 0.3) is 22.5 Å². The summed E-state index contributed by atoms with van der Waals surface area (Å²) in [5, 5.41) is 4.64. The molecule has 2 N–H and O–H groups in total. The van der Waals surface area contributed by atoms with Gasteiger partial charge < -0.3 is 10.3 Å². The van der Waals surface area contributed by atoms with E-state index in [4.69, 9.17) is 33.5 Å². The Labute approximate surface area is 112 Å². The SMILES string of the molecule is Nc1noc2nc(-c3ccc(Cl)cc3Cl)cnc12. The first-order valence-electron chi connectivity index (χ1n) is 4.98. The molecule has 18 heavy (non-hydrogen) atoms. The molecule has 5 nitrogen and oxygen atoms in total. The summed E-state index contributed by atoms with van der Waals surface area (Å²) in [6.07, 6.45) is 1.56. The lowest BCUT2D eigenvalue weighted by molar-refractivity contribution is 0.452. The van der Waals surface area contributed by atoms with Gasteiger partial charge in [0.25, 0.3) is 5.71 Å². The third-order valence-corrected chi connectivity index (χ3v) is 2.97. The van der Waals surface area contributed by atoms with E-state index in [1.807, 2.05) is 0 Å². The van der Waals surface area contributed by atoms with Gasteiger partial charge >= 0.3 is 0 Å². The number of hydrogen-bond acceptors (Lipinski definition) is 5. The van der Waals surface area contributed by atoms with Gasteiger partial charge in [-0.2, -0.15) is 0 Å². The minimum Gasteiger partial charge on any atom is -0.379 e. The van der Waals surface area contributed by atoms with Crippen LogP contribution in [-0.2, 0) is 0 Å². The third-order valence-electron chi connectivity index (χ3n) is 2.42. The van der Waals surface area contributed by atoms with E-state index in [1.165, 1.54) is 0 Å². The number of hydrogen-bond donors (Lipinski definition) is 1. The van der Waals surface area contributed by atoms with E-state index in [0.717, 1.165) is 0 Å². The number of benzene rings is 1. The number of nitrogens with zero attached hydrogens (tertiary/aromatic N) is 3. The van der Waals surface area contributed by atoms with Crippen LogP contribution < -0.4 is 5.73 Å². The topological polar surface area (TPSA) is 77.8 Å². The Morgan fingerprint density at radius 1 is 1.22 bits per heavy atom. The van der Waals surface area contributed by atoms with Crippen molar-refractivity contribution >= 4 is 40.2 Å². The average molecular weight is 281 g/mol. The van der Waals surface area contributed by atoms with E-state index in [-0.39, 0.29) is 11.5 Å². The molecule has 90 valence electrons. The largest absolute Gasteiger partial charge is 0.379 e. The number of nitrogen functional groups attached to an aromatic ring is 1. The summed E-state index contributed by atoms with van der Waals surface area (Å²) in [5.74, 6) is 0.214. The minimum atomic E-state index is 0.214. The molecule has 0 amide bonds. The van der Waals surface area contributed by atoms with E-state index in [0.29, 0.717) is 26.8 Å². The third kappa shape index (κ3) is 1.77. The van der Waals surface area contributed by atoms with Gasteiger partial charge in [0.05, 0.1) is 16.9 Å². The quantitative estimate of drug-likeness (QED) is 0.741. The normalized spacial score (nSPS) is 11.0. The number of anilines is 1. The second kappa shape index (κ2) is 4.12. The van der Waals surface area contributed by atoms with Crippen molar-refractivity contribution in [2.75, 3.05) is 5.73 Å². The molecule has 0 bridgehead atoms. The number of rotatable bonds is 1. The molecule has 0 spiro atoms. The van der Waals surface area contributed by atoms with Crippen LogP contribution in [0.1, 0.15) is 0 Å². The number of fused-ring (bicyclic) bond motifs is 1. The summed E-state index contributed by atoms with van der Waals surface area (Å²) in [4.78, 5) is 8.40. The van der Waals surface area contributed by atoms with Gasteiger partial charge in [-0.15, -0.1) is 0 Å². The molecule has 2 heterocycles. The number of nitrogens with two attached hydrogens (primary N) is 1. The molecular formula is C11H6Cl2N4O. The molecule has 0 aliphatic rings. The summed E-state index contributed by atoms with van der Waals surface area (Å²) >= 11 is 11.9. The summed E-state index contributed by atoms with van der Waals surface area (Å²) in [6.45, 7) is 0. The van der Waals surface area contributed by atoms with Crippen molar-refractivity contribution < 1.29 is 4.52 Å². The maximum atomic E-state index is 6.10. The fourth-order valence-electron chi connectivity index (χ4n) is 1.57. The first-order chi connectivity index (χ1) is 8.65. The Morgan fingerprint density at radius 3 is 2.83 bits per heavy atom. The predicted molar refractivity (Wildman–Crippen MR) is 69.5 cm³/mol. The zero-order valence-corrected chi connectivity index (χ0v) is 10.4. The molecule has 3 rings (SSSR count). The van der Waals surface area contributed by atoms with Gasteiger partial charge in [0.1, 0.15) is 0 Å². The summed E-state index contributed by atoms with van der Waals surface area (Å²) in [5.41, 5.74) is 7.56. The van der Waals surface area contributed by atoms with Crippen LogP contribution in [-0.4, -0.2) is 15.1 Å². The second-order valence-electron chi connectivity index (χ2n) is 3.60. The molecule has 7 heteroatoms. The van der Waals surface area contributed by atoms with Crippen LogP contribution in [0.2, 0.25) is 10.0 Å². The molecule has 1 aromatic carbocycles. The molecule has 0 aliphatic carbocycles. The van der Waals surface area contributed by atoms with Gasteiger partial charge in [-0.25, -0.2) is 9.97 Å². The van der Waals surface area contributed by atoms with Gasteiger partial charge in [0.2, 0.25) is 0 Å². The summed E-state index contributed by atoms with van der Waals surface area (Å²) in [7, 11) is 0. The average Bonchev–Trinajstić information content (AvgIpc) is 2.71. The van der Waals surface area contributed by atoms with Gasteiger partial charge in [-0.05, 0) is 18.2 Å². The highest BCUT2D eigenvalue weighted by molar-refractivity contribution is 6.36. The Kier molecular flexibility index (Phi) is 2.57. The zero-order valence-electron chi connectivity index (χ0n) is 8.89. The fourth-order valence-corrected chi connectivity index (χ4v) is 2.08. The van der Waals surface area contributed by atoms with Gasteiger partial charge in [0.15, 0.2) is 11.3 Å². The lowest BCUT2D eigenvalue weighted by Crippen LogP contribution is -1.90. The molecule has 0 saturated carbocycles. The van der Waals surface area contributed by atoms with Crippen molar-refractivity contribution in [3.63, 3.8) is 0 Å². The zero-order chi connectivity index (χ0) is 12.7. The van der Waals surface area contributed by atoms with Gasteiger partial charge in [0, 0.05) is 10.6 Å². The molecule has 0 atom stereocenters. The van der Waals surface area contributed by atoms with Crippen molar-refractivity contribution in [3.05, 3.63) is 34.4 Å². The van der Waals surface area contributed by atoms with Crippen molar-refractivity contribution in [1.29, 1.82) is 0 Å². The van der Waals surface area contributed by atoms with E-state index >= 15 is 0 Å². The predicted octanol–water partition coefficient (Wildman–Crippen LogP) is 3.17. The Hall–Kier alpha value is -1.85. The molecule has 0 fully saturated rings. The maximum absolute atomic E-state index is 6.10. The summed E-state index contributed by atoms with van der Waals surface area (Å²) in [6, 6.07) is 5.13. The highest BCUT2D eigenvalue weighted by atomic mass is 35.5. The van der Waals surface area contributed by atoms with Crippen LogP contribution in [0, 0.1) is 0 Å². The van der Waals surface area contributed by atoms with Crippen LogP contribution in [0.4, 0.5) is 5.82 Å². The van der Waals surface area contributed by atoms with E-state index in [9.17, 15) is 0 Å². The second-order valence-corrected chi connectivity index (χ2v) is 4.44. The monoisotopic (exact) mass is 280 g/mol. The standard InChI is InChI=1S/C11H6Cl2N4O/c12-5-1-2-6(7(13)3-5)8-4-15-9-10(14)17-18-11(9)16-8/h1-4H,(H2,14,17). The highest BCUT2D eigenvalue weighted by Crippen LogP contribution is 2.30. The minimum absolute atomic E-state index is 0.214. The van der Waals surface area contributed by atoms with Crippen LogP contribution >= 0.6 is 23.2 Å². The van der Waals surface area contributed by atoms with Crippen LogP contribution in [0.3, 0.4) is 0 Å². The summed E-state index contributed by atoms with van der Waals surface area (Å²) < 4.78 is 4.96. The maximum Gasteiger partial charge on any atom is 0.279 e. The van der Waals surface area contributed by atoms with Crippen molar-refractivity contribution in [2.45, 2.75) is 0 Å². The van der Waals surface area contributed by atoms with Crippen molar-refractivity contribution in [1.82, 2.24) is 15.1 Å². The smallest absolute Gasteiger partial charge is 0.279 e. The molecule has 0 saturated heterocycles. The fraction of sp³-hybridized carbons (Fsp3) is 0. The number of aromatic nitrogens is 3. The lowest BCUT2D eigenvalue weighted by Gasteiger charge is -2.02.